The Morgan fingerprint density at radius 3 is 2.45 bits per heavy atom. The molecule has 0 bridgehead atoms. The largest absolute Gasteiger partial charge is 0.375 e. The Hall–Kier alpha value is -4.80. The molecule has 4 N–H and O–H groups in total. The quantitative estimate of drug-likeness (QED) is 0.226. The molecule has 0 radical (unpaired) electrons. The van der Waals surface area contributed by atoms with Gasteiger partial charge in [-0.05, 0) is 60.9 Å². The van der Waals surface area contributed by atoms with E-state index in [9.17, 15) is 27.2 Å². The summed E-state index contributed by atoms with van der Waals surface area (Å²) in [6.07, 6.45) is 0.557. The van der Waals surface area contributed by atoms with Crippen molar-refractivity contribution >= 4 is 60.2 Å². The number of amides is 4. The molecule has 258 valence electrons. The highest BCUT2D eigenvalue weighted by atomic mass is 32.2. The number of nitrogens with zero attached hydrogens (tertiary/aromatic N) is 5. The zero-order valence-corrected chi connectivity index (χ0v) is 28.8. The van der Waals surface area contributed by atoms with Crippen molar-refractivity contribution in [3.63, 3.8) is 0 Å². The molecule has 0 unspecified atom stereocenters. The number of hydrazine groups is 1. The predicted molar refractivity (Wildman–Crippen MR) is 185 cm³/mol. The van der Waals surface area contributed by atoms with Gasteiger partial charge in [0, 0.05) is 31.2 Å². The molecule has 2 aliphatic heterocycles. The first kappa shape index (κ1) is 34.1. The van der Waals surface area contributed by atoms with Crippen LogP contribution >= 0.6 is 11.3 Å². The van der Waals surface area contributed by atoms with Crippen LogP contribution in [0.25, 0.3) is 10.2 Å². The fraction of sp³-hybridized carbons (Fsp3) is 0.333. The van der Waals surface area contributed by atoms with E-state index in [1.807, 2.05) is 32.0 Å². The Morgan fingerprint density at radius 1 is 1.08 bits per heavy atom. The van der Waals surface area contributed by atoms with E-state index in [2.05, 4.69) is 15.0 Å². The number of thiazole rings is 1. The topological polar surface area (TPSA) is 161 Å². The fourth-order valence-corrected chi connectivity index (χ4v) is 7.72. The van der Waals surface area contributed by atoms with Crippen LogP contribution in [-0.2, 0) is 39.1 Å². The number of hydrogen-bond donors (Lipinski definition) is 3. The van der Waals surface area contributed by atoms with Crippen LogP contribution in [0.5, 0.6) is 0 Å². The second kappa shape index (κ2) is 13.6. The Morgan fingerprint density at radius 2 is 1.78 bits per heavy atom. The molecule has 2 fully saturated rings. The summed E-state index contributed by atoms with van der Waals surface area (Å²) >= 11 is 1.36. The van der Waals surface area contributed by atoms with E-state index >= 15 is 0 Å². The van der Waals surface area contributed by atoms with Gasteiger partial charge in [-0.3, -0.25) is 19.3 Å². The summed E-state index contributed by atoms with van der Waals surface area (Å²) in [5, 5.41) is 6.51. The third-order valence-electron chi connectivity index (χ3n) is 8.46. The Kier molecular flexibility index (Phi) is 9.46. The van der Waals surface area contributed by atoms with Crippen molar-refractivity contribution in [1.29, 1.82) is 0 Å². The van der Waals surface area contributed by atoms with Crippen molar-refractivity contribution in [2.24, 2.45) is 0 Å². The van der Waals surface area contributed by atoms with Crippen LogP contribution < -0.4 is 15.8 Å². The number of halogens is 1. The molecule has 16 heteroatoms. The maximum absolute atomic E-state index is 14.3. The van der Waals surface area contributed by atoms with Gasteiger partial charge in [-0.15, -0.1) is 0 Å². The van der Waals surface area contributed by atoms with Crippen molar-refractivity contribution < 1.29 is 27.2 Å². The number of sulfonamides is 1. The highest BCUT2D eigenvalue weighted by molar-refractivity contribution is 7.92. The number of nitrogens with one attached hydrogen (secondary N) is 2. The minimum atomic E-state index is -3.48. The van der Waals surface area contributed by atoms with Gasteiger partial charge in [0.1, 0.15) is 18.0 Å². The molecule has 3 aromatic carbocycles. The van der Waals surface area contributed by atoms with Crippen molar-refractivity contribution in [3.8, 4) is 0 Å². The molecule has 4 aromatic rings. The molecule has 13 nitrogen and oxygen atoms in total. The van der Waals surface area contributed by atoms with Gasteiger partial charge in [-0.25, -0.2) is 22.6 Å². The van der Waals surface area contributed by atoms with E-state index in [-0.39, 0.29) is 56.3 Å². The summed E-state index contributed by atoms with van der Waals surface area (Å²) in [6.45, 7) is 4.04. The maximum Gasteiger partial charge on any atom is 0.332 e. The van der Waals surface area contributed by atoms with Crippen LogP contribution in [0.4, 0.5) is 20.0 Å². The predicted octanol–water partition coefficient (Wildman–Crippen LogP) is 3.35. The summed E-state index contributed by atoms with van der Waals surface area (Å²) in [6, 6.07) is 16.5. The maximum atomic E-state index is 14.3. The number of anilines is 2. The van der Waals surface area contributed by atoms with Crippen LogP contribution in [0, 0.1) is 5.82 Å². The van der Waals surface area contributed by atoms with E-state index in [4.69, 9.17) is 5.73 Å². The number of carbonyl (C=O) groups excluding carboxylic acids is 3. The van der Waals surface area contributed by atoms with Crippen molar-refractivity contribution in [2.75, 3.05) is 29.8 Å². The fourth-order valence-electron chi connectivity index (χ4n) is 6.37. The zero-order valence-electron chi connectivity index (χ0n) is 27.2. The minimum absolute atomic E-state index is 0.125. The van der Waals surface area contributed by atoms with E-state index < -0.39 is 28.3 Å². The molecule has 4 amide bonds. The number of urea groups is 1. The molecule has 0 spiro atoms. The van der Waals surface area contributed by atoms with E-state index in [1.54, 1.807) is 51.2 Å². The standard InChI is InChI=1S/C33H37FN8O5S2/c1-20(2)42(33(45)36-16-22-7-11-24(34)12-8-22)40-19-29(43)41-26(15-21-9-13-25(14-10-21)38-49(3,46)47)31(44)39(18-28(40)41)17-23-5-4-6-27-30(23)37-32(35)48-27/h4-14,20,26,28,38H,15-19H2,1-3H3,(H2,35,37)(H,36,45)/t26-,28+/m0/s1. The van der Waals surface area contributed by atoms with Crippen LogP contribution in [0.2, 0.25) is 0 Å². The van der Waals surface area contributed by atoms with E-state index in [0.29, 0.717) is 21.9 Å². The average molecular weight is 709 g/mol. The van der Waals surface area contributed by atoms with Gasteiger partial charge in [0.15, 0.2) is 5.13 Å². The number of para-hydroxylation sites is 1. The number of fused-ring (bicyclic) bond motifs is 2. The minimum Gasteiger partial charge on any atom is -0.375 e. The number of nitrogens with two attached hydrogens (primary N) is 1. The lowest BCUT2D eigenvalue weighted by Crippen LogP contribution is -2.66. The van der Waals surface area contributed by atoms with Gasteiger partial charge in [0.2, 0.25) is 21.8 Å². The highest BCUT2D eigenvalue weighted by Gasteiger charge is 2.52. The van der Waals surface area contributed by atoms with Gasteiger partial charge in [-0.2, -0.15) is 5.01 Å². The third-order valence-corrected chi connectivity index (χ3v) is 9.92. The van der Waals surface area contributed by atoms with Crippen molar-refractivity contribution in [1.82, 2.24) is 30.1 Å². The van der Waals surface area contributed by atoms with E-state index in [1.165, 1.54) is 28.5 Å². The summed E-state index contributed by atoms with van der Waals surface area (Å²) in [5.74, 6) is -0.942. The molecular formula is C33H37FN8O5S2. The van der Waals surface area contributed by atoms with Gasteiger partial charge in [0.05, 0.1) is 29.6 Å². The second-order valence-corrected chi connectivity index (χ2v) is 15.2. The molecular weight excluding hydrogens is 672 g/mol. The lowest BCUT2D eigenvalue weighted by molar-refractivity contribution is -0.158. The number of hydrogen-bond acceptors (Lipinski definition) is 9. The molecule has 2 saturated heterocycles. The monoisotopic (exact) mass is 708 g/mol. The SMILES string of the molecule is CC(C)N(C(=O)NCc1ccc(F)cc1)N1CC(=O)N2[C@@H](Cc3ccc(NS(C)(=O)=O)cc3)C(=O)N(Cc3cccc4sc(N)nc34)C[C@@H]21. The summed E-state index contributed by atoms with van der Waals surface area (Å²) in [5.41, 5.74) is 9.32. The van der Waals surface area contributed by atoms with Crippen molar-refractivity contribution in [2.45, 2.75) is 51.6 Å². The first-order valence-corrected chi connectivity index (χ1v) is 18.4. The van der Waals surface area contributed by atoms with Gasteiger partial charge >= 0.3 is 6.03 Å². The number of benzene rings is 3. The van der Waals surface area contributed by atoms with Crippen molar-refractivity contribution in [3.05, 3.63) is 89.2 Å². The molecule has 0 aliphatic carbocycles. The zero-order chi connectivity index (χ0) is 35.0. The van der Waals surface area contributed by atoms with Gasteiger partial charge in [-0.1, -0.05) is 47.7 Å². The smallest absolute Gasteiger partial charge is 0.332 e. The number of nitrogen functional groups attached to an aromatic ring is 1. The lowest BCUT2D eigenvalue weighted by Gasteiger charge is -2.47. The Balaban J connectivity index is 1.31. The van der Waals surface area contributed by atoms with Crippen LogP contribution in [0.3, 0.4) is 0 Å². The number of carbonyl (C=O) groups is 3. The number of rotatable bonds is 10. The Labute approximate surface area is 287 Å². The van der Waals surface area contributed by atoms with E-state index in [0.717, 1.165) is 22.1 Å². The van der Waals surface area contributed by atoms with Gasteiger partial charge < -0.3 is 20.9 Å². The van der Waals surface area contributed by atoms with Crippen LogP contribution in [-0.4, -0.2) is 88.7 Å². The number of aromatic nitrogens is 1. The molecule has 2 atom stereocenters. The summed E-state index contributed by atoms with van der Waals surface area (Å²) in [7, 11) is -3.48. The summed E-state index contributed by atoms with van der Waals surface area (Å²) in [4.78, 5) is 49.6. The molecule has 2 aliphatic rings. The van der Waals surface area contributed by atoms with Crippen LogP contribution in [0.1, 0.15) is 30.5 Å². The Bertz CT molecular complexity index is 1990. The van der Waals surface area contributed by atoms with Crippen LogP contribution in [0.15, 0.2) is 66.7 Å². The molecule has 3 heterocycles. The normalized spacial score (nSPS) is 18.3. The highest BCUT2D eigenvalue weighted by Crippen LogP contribution is 2.33. The summed E-state index contributed by atoms with van der Waals surface area (Å²) < 4.78 is 40.2. The lowest BCUT2D eigenvalue weighted by atomic mass is 9.99. The molecule has 49 heavy (non-hydrogen) atoms. The molecule has 0 saturated carbocycles. The third kappa shape index (κ3) is 7.45. The first-order valence-electron chi connectivity index (χ1n) is 15.7. The first-order chi connectivity index (χ1) is 23.3. The van der Waals surface area contributed by atoms with Gasteiger partial charge in [0.25, 0.3) is 0 Å². The molecule has 6 rings (SSSR count). The average Bonchev–Trinajstić information content (AvgIpc) is 3.57. The second-order valence-electron chi connectivity index (χ2n) is 12.4. The number of piperazine rings is 1. The molecule has 1 aromatic heterocycles.